The van der Waals surface area contributed by atoms with Gasteiger partial charge >= 0.3 is 0 Å². The van der Waals surface area contributed by atoms with Crippen molar-refractivity contribution in [3.8, 4) is 0 Å². The number of carbonyl (C=O) groups is 2. The lowest BCUT2D eigenvalue weighted by atomic mass is 9.70. The van der Waals surface area contributed by atoms with Crippen molar-refractivity contribution in [2.45, 2.75) is 24.7 Å². The van der Waals surface area contributed by atoms with Crippen LogP contribution in [0.4, 0.5) is 11.4 Å². The number of amides is 2. The van der Waals surface area contributed by atoms with E-state index in [2.05, 4.69) is 0 Å². The molecule has 2 amide bonds. The van der Waals surface area contributed by atoms with Gasteiger partial charge in [-0.05, 0) is 48.2 Å². The third-order valence-electron chi connectivity index (χ3n) is 4.20. The van der Waals surface area contributed by atoms with Gasteiger partial charge in [-0.3, -0.25) is 9.59 Å². The fraction of sp³-hybridized carbons (Fsp3) is 0.222. The Labute approximate surface area is 140 Å². The summed E-state index contributed by atoms with van der Waals surface area (Å²) < 4.78 is 0. The van der Waals surface area contributed by atoms with Crippen molar-refractivity contribution in [2.24, 2.45) is 11.5 Å². The minimum atomic E-state index is -1.07. The van der Waals surface area contributed by atoms with Crippen molar-refractivity contribution < 1.29 is 9.59 Å². The van der Waals surface area contributed by atoms with Crippen molar-refractivity contribution in [1.82, 2.24) is 0 Å². The number of hydrogen-bond donors (Lipinski definition) is 4. The zero-order valence-corrected chi connectivity index (χ0v) is 13.4. The van der Waals surface area contributed by atoms with Gasteiger partial charge in [0.15, 0.2) is 0 Å². The number of benzene rings is 2. The average Bonchev–Trinajstić information content (AvgIpc) is 2.53. The molecular formula is C18H22N4O2. The Balaban J connectivity index is 2.55. The van der Waals surface area contributed by atoms with E-state index in [4.69, 9.17) is 22.9 Å². The lowest BCUT2D eigenvalue weighted by Gasteiger charge is -2.32. The second kappa shape index (κ2) is 7.04. The molecule has 24 heavy (non-hydrogen) atoms. The number of anilines is 2. The van der Waals surface area contributed by atoms with E-state index in [0.29, 0.717) is 24.2 Å². The summed E-state index contributed by atoms with van der Waals surface area (Å²) >= 11 is 0. The molecule has 0 aromatic heterocycles. The highest BCUT2D eigenvalue weighted by atomic mass is 16.1. The highest BCUT2D eigenvalue weighted by Crippen LogP contribution is 2.38. The van der Waals surface area contributed by atoms with Gasteiger partial charge in [-0.2, -0.15) is 0 Å². The smallest absolute Gasteiger partial charge is 0.232 e. The first kappa shape index (κ1) is 17.3. The van der Waals surface area contributed by atoms with E-state index in [-0.39, 0.29) is 6.42 Å². The van der Waals surface area contributed by atoms with E-state index in [9.17, 15) is 9.59 Å². The Morgan fingerprint density at radius 1 is 0.792 bits per heavy atom. The maximum atomic E-state index is 12.5. The maximum absolute atomic E-state index is 12.5. The summed E-state index contributed by atoms with van der Waals surface area (Å²) in [6.45, 7) is 0. The molecule has 0 bridgehead atoms. The Morgan fingerprint density at radius 2 is 1.21 bits per heavy atom. The molecule has 0 saturated heterocycles. The van der Waals surface area contributed by atoms with Gasteiger partial charge in [-0.25, -0.2) is 0 Å². The van der Waals surface area contributed by atoms with E-state index in [1.165, 1.54) is 0 Å². The van der Waals surface area contributed by atoms with Crippen molar-refractivity contribution in [3.05, 3.63) is 59.7 Å². The molecule has 2 aromatic rings. The first-order chi connectivity index (χ1) is 11.4. The van der Waals surface area contributed by atoms with Crippen LogP contribution in [0.1, 0.15) is 30.4 Å². The zero-order valence-electron chi connectivity index (χ0n) is 13.4. The van der Waals surface area contributed by atoms with Gasteiger partial charge in [0.05, 0.1) is 5.41 Å². The molecule has 0 heterocycles. The Hall–Kier alpha value is -3.02. The monoisotopic (exact) mass is 326 g/mol. The fourth-order valence-corrected chi connectivity index (χ4v) is 2.93. The van der Waals surface area contributed by atoms with E-state index >= 15 is 0 Å². The number of carbonyl (C=O) groups excluding carboxylic acids is 2. The first-order valence-electron chi connectivity index (χ1n) is 7.66. The fourth-order valence-electron chi connectivity index (χ4n) is 2.93. The third kappa shape index (κ3) is 3.48. The molecule has 0 atom stereocenters. The lowest BCUT2D eigenvalue weighted by Crippen LogP contribution is -2.42. The summed E-state index contributed by atoms with van der Waals surface area (Å²) in [7, 11) is 0. The van der Waals surface area contributed by atoms with Crippen LogP contribution in [0.3, 0.4) is 0 Å². The molecule has 0 saturated carbocycles. The molecule has 0 aliphatic heterocycles. The number of primary amides is 2. The summed E-state index contributed by atoms with van der Waals surface area (Å²) in [6.07, 6.45) is 0.977. The Kier molecular flexibility index (Phi) is 5.08. The summed E-state index contributed by atoms with van der Waals surface area (Å²) in [4.78, 5) is 23.6. The summed E-state index contributed by atoms with van der Waals surface area (Å²) in [5.74, 6) is -0.913. The molecule has 0 fully saturated rings. The second-order valence-corrected chi connectivity index (χ2v) is 5.83. The van der Waals surface area contributed by atoms with Gasteiger partial charge in [0.2, 0.25) is 11.8 Å². The quantitative estimate of drug-likeness (QED) is 0.569. The SMILES string of the molecule is NC(=O)CCCC(C(N)=O)(c1ccc(N)cc1)c1ccc(N)cc1. The van der Waals surface area contributed by atoms with Crippen LogP contribution in [0.25, 0.3) is 0 Å². The molecule has 0 spiro atoms. The van der Waals surface area contributed by atoms with E-state index < -0.39 is 17.2 Å². The van der Waals surface area contributed by atoms with Crippen LogP contribution in [-0.2, 0) is 15.0 Å². The third-order valence-corrected chi connectivity index (χ3v) is 4.20. The average molecular weight is 326 g/mol. The predicted octanol–water partition coefficient (Wildman–Crippen LogP) is 1.28. The second-order valence-electron chi connectivity index (χ2n) is 5.83. The molecule has 8 N–H and O–H groups in total. The van der Waals surface area contributed by atoms with Crippen molar-refractivity contribution in [2.75, 3.05) is 11.5 Å². The van der Waals surface area contributed by atoms with Crippen LogP contribution in [-0.4, -0.2) is 11.8 Å². The number of nitrogens with two attached hydrogens (primary N) is 4. The summed E-state index contributed by atoms with van der Waals surface area (Å²) in [5.41, 5.74) is 24.1. The van der Waals surface area contributed by atoms with Crippen LogP contribution in [0.15, 0.2) is 48.5 Å². The van der Waals surface area contributed by atoms with Crippen molar-refractivity contribution in [3.63, 3.8) is 0 Å². The van der Waals surface area contributed by atoms with Crippen LogP contribution in [0, 0.1) is 0 Å². The largest absolute Gasteiger partial charge is 0.399 e. The standard InChI is InChI=1S/C18H22N4O2/c19-14-7-3-12(4-8-14)18(17(22)24,11-1-2-16(21)23)13-5-9-15(20)10-6-13/h3-10H,1-2,11,19-20H2,(H2,21,23)(H2,22,24). The highest BCUT2D eigenvalue weighted by molar-refractivity contribution is 5.91. The molecule has 2 aromatic carbocycles. The number of rotatable bonds is 7. The van der Waals surface area contributed by atoms with E-state index in [0.717, 1.165) is 11.1 Å². The van der Waals surface area contributed by atoms with Crippen LogP contribution in [0.2, 0.25) is 0 Å². The maximum Gasteiger partial charge on any atom is 0.232 e. The molecule has 6 nitrogen and oxygen atoms in total. The topological polar surface area (TPSA) is 138 Å². The molecule has 2 rings (SSSR count). The van der Waals surface area contributed by atoms with Gasteiger partial charge in [0.25, 0.3) is 0 Å². The van der Waals surface area contributed by atoms with Crippen LogP contribution >= 0.6 is 0 Å². The van der Waals surface area contributed by atoms with Crippen molar-refractivity contribution >= 4 is 23.2 Å². The van der Waals surface area contributed by atoms with Crippen molar-refractivity contribution in [1.29, 1.82) is 0 Å². The van der Waals surface area contributed by atoms with E-state index in [1.807, 2.05) is 0 Å². The molecule has 6 heteroatoms. The molecule has 0 unspecified atom stereocenters. The van der Waals surface area contributed by atoms with Gasteiger partial charge in [-0.1, -0.05) is 24.3 Å². The molecule has 126 valence electrons. The van der Waals surface area contributed by atoms with Crippen LogP contribution < -0.4 is 22.9 Å². The highest BCUT2D eigenvalue weighted by Gasteiger charge is 2.40. The lowest BCUT2D eigenvalue weighted by molar-refractivity contribution is -0.123. The predicted molar refractivity (Wildman–Crippen MR) is 94.7 cm³/mol. The van der Waals surface area contributed by atoms with E-state index in [1.54, 1.807) is 48.5 Å². The zero-order chi connectivity index (χ0) is 17.7. The molecule has 0 aliphatic carbocycles. The molecular weight excluding hydrogens is 304 g/mol. The Bertz CT molecular complexity index is 678. The van der Waals surface area contributed by atoms with Gasteiger partial charge in [-0.15, -0.1) is 0 Å². The van der Waals surface area contributed by atoms with Gasteiger partial charge in [0.1, 0.15) is 0 Å². The minimum Gasteiger partial charge on any atom is -0.399 e. The van der Waals surface area contributed by atoms with Crippen LogP contribution in [0.5, 0.6) is 0 Å². The Morgan fingerprint density at radius 3 is 1.54 bits per heavy atom. The molecule has 0 aliphatic rings. The first-order valence-corrected chi connectivity index (χ1v) is 7.66. The summed E-state index contributed by atoms with van der Waals surface area (Å²) in [5, 5.41) is 0. The van der Waals surface area contributed by atoms with Gasteiger partial charge < -0.3 is 22.9 Å². The molecule has 0 radical (unpaired) electrons. The number of nitrogen functional groups attached to an aromatic ring is 2. The normalized spacial score (nSPS) is 11.2. The van der Waals surface area contributed by atoms with Gasteiger partial charge in [0, 0.05) is 17.8 Å². The summed E-state index contributed by atoms with van der Waals surface area (Å²) in [6, 6.07) is 14.0. The number of hydrogen-bond acceptors (Lipinski definition) is 4. The minimum absolute atomic E-state index is 0.180.